The highest BCUT2D eigenvalue weighted by atomic mass is 16.3. The SMILES string of the molecule is CC(NC(=O)CNc1cccc2ccccc12)c1ccco1. The minimum absolute atomic E-state index is 0.0724. The van der Waals surface area contributed by atoms with E-state index in [9.17, 15) is 4.79 Å². The largest absolute Gasteiger partial charge is 0.467 e. The fourth-order valence-electron chi connectivity index (χ4n) is 2.46. The Morgan fingerprint density at radius 3 is 2.73 bits per heavy atom. The van der Waals surface area contributed by atoms with Crippen molar-refractivity contribution < 1.29 is 9.21 Å². The predicted octanol–water partition coefficient (Wildman–Crippen LogP) is 3.72. The van der Waals surface area contributed by atoms with Crippen molar-refractivity contribution in [3.8, 4) is 0 Å². The first-order valence-corrected chi connectivity index (χ1v) is 7.28. The summed E-state index contributed by atoms with van der Waals surface area (Å²) in [6, 6.07) is 17.6. The summed E-state index contributed by atoms with van der Waals surface area (Å²) in [5.41, 5.74) is 0.957. The van der Waals surface area contributed by atoms with Crippen molar-refractivity contribution in [1.29, 1.82) is 0 Å². The first kappa shape index (κ1) is 14.2. The number of hydrogen-bond acceptors (Lipinski definition) is 3. The van der Waals surface area contributed by atoms with E-state index < -0.39 is 0 Å². The van der Waals surface area contributed by atoms with Crippen LogP contribution in [0.25, 0.3) is 10.8 Å². The Labute approximate surface area is 129 Å². The summed E-state index contributed by atoms with van der Waals surface area (Å²) in [4.78, 5) is 12.0. The standard InChI is InChI=1S/C18H18N2O2/c1-13(17-10-5-11-22-17)20-18(21)12-19-16-9-4-7-14-6-2-3-8-15(14)16/h2-11,13,19H,12H2,1H3,(H,20,21). The molecule has 4 nitrogen and oxygen atoms in total. The zero-order chi connectivity index (χ0) is 15.4. The van der Waals surface area contributed by atoms with E-state index in [4.69, 9.17) is 4.42 Å². The molecule has 4 heteroatoms. The van der Waals surface area contributed by atoms with Crippen LogP contribution in [0.15, 0.2) is 65.3 Å². The Morgan fingerprint density at radius 2 is 1.91 bits per heavy atom. The minimum Gasteiger partial charge on any atom is -0.467 e. The smallest absolute Gasteiger partial charge is 0.239 e. The second-order valence-corrected chi connectivity index (χ2v) is 5.18. The van der Waals surface area contributed by atoms with Gasteiger partial charge >= 0.3 is 0 Å². The lowest BCUT2D eigenvalue weighted by atomic mass is 10.1. The summed E-state index contributed by atoms with van der Waals surface area (Å²) in [5, 5.41) is 8.36. The Morgan fingerprint density at radius 1 is 1.09 bits per heavy atom. The van der Waals surface area contributed by atoms with Crippen LogP contribution in [0.5, 0.6) is 0 Å². The van der Waals surface area contributed by atoms with Crippen LogP contribution in [0, 0.1) is 0 Å². The number of fused-ring (bicyclic) bond motifs is 1. The van der Waals surface area contributed by atoms with Crippen molar-refractivity contribution in [1.82, 2.24) is 5.32 Å². The molecule has 0 fully saturated rings. The van der Waals surface area contributed by atoms with Gasteiger partial charge in [-0.15, -0.1) is 0 Å². The quantitative estimate of drug-likeness (QED) is 0.754. The molecule has 22 heavy (non-hydrogen) atoms. The van der Waals surface area contributed by atoms with Crippen molar-refractivity contribution in [2.45, 2.75) is 13.0 Å². The topological polar surface area (TPSA) is 54.3 Å². The molecule has 3 aromatic rings. The highest BCUT2D eigenvalue weighted by Crippen LogP contribution is 2.22. The van der Waals surface area contributed by atoms with Crippen LogP contribution in [0.3, 0.4) is 0 Å². The van der Waals surface area contributed by atoms with Gasteiger partial charge in [0.2, 0.25) is 5.91 Å². The summed E-state index contributed by atoms with van der Waals surface area (Å²) in [7, 11) is 0. The number of rotatable bonds is 5. The third-order valence-electron chi connectivity index (χ3n) is 3.58. The van der Waals surface area contributed by atoms with E-state index in [1.807, 2.05) is 49.4 Å². The number of furan rings is 1. The number of carbonyl (C=O) groups is 1. The van der Waals surface area contributed by atoms with Gasteiger partial charge in [0.05, 0.1) is 18.8 Å². The van der Waals surface area contributed by atoms with Gasteiger partial charge in [0, 0.05) is 11.1 Å². The molecule has 112 valence electrons. The van der Waals surface area contributed by atoms with E-state index in [0.717, 1.165) is 22.2 Å². The predicted molar refractivity (Wildman–Crippen MR) is 87.7 cm³/mol. The molecule has 1 unspecified atom stereocenters. The average molecular weight is 294 g/mol. The maximum Gasteiger partial charge on any atom is 0.239 e. The molecule has 0 aliphatic carbocycles. The highest BCUT2D eigenvalue weighted by Gasteiger charge is 2.11. The van der Waals surface area contributed by atoms with E-state index in [1.54, 1.807) is 6.26 Å². The Balaban J connectivity index is 1.63. The number of hydrogen-bond donors (Lipinski definition) is 2. The molecule has 0 bridgehead atoms. The summed E-state index contributed by atoms with van der Waals surface area (Å²) in [5.74, 6) is 0.676. The fourth-order valence-corrected chi connectivity index (χ4v) is 2.46. The van der Waals surface area contributed by atoms with Crippen LogP contribution in [-0.4, -0.2) is 12.5 Å². The lowest BCUT2D eigenvalue weighted by molar-refractivity contribution is -0.120. The monoisotopic (exact) mass is 294 g/mol. The fraction of sp³-hybridized carbons (Fsp3) is 0.167. The van der Waals surface area contributed by atoms with E-state index in [-0.39, 0.29) is 18.5 Å². The van der Waals surface area contributed by atoms with Crippen LogP contribution in [0.4, 0.5) is 5.69 Å². The molecule has 1 aromatic heterocycles. The lowest BCUT2D eigenvalue weighted by Gasteiger charge is -2.13. The molecule has 2 aromatic carbocycles. The first-order valence-electron chi connectivity index (χ1n) is 7.28. The van der Waals surface area contributed by atoms with Crippen molar-refractivity contribution in [2.75, 3.05) is 11.9 Å². The van der Waals surface area contributed by atoms with Crippen LogP contribution in [0.2, 0.25) is 0 Å². The van der Waals surface area contributed by atoms with Crippen LogP contribution in [-0.2, 0) is 4.79 Å². The third kappa shape index (κ3) is 3.11. The first-order chi connectivity index (χ1) is 10.7. The molecule has 0 radical (unpaired) electrons. The van der Waals surface area contributed by atoms with Crippen molar-refractivity contribution in [2.24, 2.45) is 0 Å². The normalized spacial score (nSPS) is 12.0. The van der Waals surface area contributed by atoms with Gasteiger partial charge in [-0.05, 0) is 30.5 Å². The molecular formula is C18H18N2O2. The van der Waals surface area contributed by atoms with E-state index in [0.29, 0.717) is 0 Å². The van der Waals surface area contributed by atoms with Gasteiger partial charge in [-0.1, -0.05) is 36.4 Å². The highest BCUT2D eigenvalue weighted by molar-refractivity contribution is 5.95. The summed E-state index contributed by atoms with van der Waals surface area (Å²) in [6.45, 7) is 2.12. The van der Waals surface area contributed by atoms with Gasteiger partial charge in [-0.2, -0.15) is 0 Å². The number of carbonyl (C=O) groups excluding carboxylic acids is 1. The number of benzene rings is 2. The Hall–Kier alpha value is -2.75. The van der Waals surface area contributed by atoms with Gasteiger partial charge < -0.3 is 15.1 Å². The molecule has 1 heterocycles. The maximum atomic E-state index is 12.0. The third-order valence-corrected chi connectivity index (χ3v) is 3.58. The number of nitrogens with one attached hydrogen (secondary N) is 2. The Bertz CT molecular complexity index is 760. The van der Waals surface area contributed by atoms with Gasteiger partial charge in [-0.3, -0.25) is 4.79 Å². The lowest BCUT2D eigenvalue weighted by Crippen LogP contribution is -2.31. The average Bonchev–Trinajstić information content (AvgIpc) is 3.07. The molecule has 0 saturated carbocycles. The van der Waals surface area contributed by atoms with Crippen LogP contribution < -0.4 is 10.6 Å². The molecule has 0 saturated heterocycles. The second-order valence-electron chi connectivity index (χ2n) is 5.18. The molecule has 2 N–H and O–H groups in total. The molecule has 0 aliphatic heterocycles. The molecule has 1 atom stereocenters. The number of amides is 1. The van der Waals surface area contributed by atoms with Gasteiger partial charge in [0.25, 0.3) is 0 Å². The van der Waals surface area contributed by atoms with E-state index in [1.165, 1.54) is 0 Å². The van der Waals surface area contributed by atoms with Crippen molar-refractivity contribution in [3.05, 3.63) is 66.6 Å². The molecular weight excluding hydrogens is 276 g/mol. The van der Waals surface area contributed by atoms with Crippen molar-refractivity contribution in [3.63, 3.8) is 0 Å². The molecule has 1 amide bonds. The van der Waals surface area contributed by atoms with Crippen LogP contribution >= 0.6 is 0 Å². The van der Waals surface area contributed by atoms with E-state index in [2.05, 4.69) is 22.8 Å². The molecule has 3 rings (SSSR count). The second kappa shape index (κ2) is 6.35. The minimum atomic E-state index is -0.142. The number of anilines is 1. The summed E-state index contributed by atoms with van der Waals surface area (Å²) >= 11 is 0. The summed E-state index contributed by atoms with van der Waals surface area (Å²) in [6.07, 6.45) is 1.60. The van der Waals surface area contributed by atoms with Gasteiger partial charge in [0.15, 0.2) is 0 Å². The zero-order valence-corrected chi connectivity index (χ0v) is 12.4. The van der Waals surface area contributed by atoms with E-state index >= 15 is 0 Å². The Kier molecular flexibility index (Phi) is 4.10. The summed E-state index contributed by atoms with van der Waals surface area (Å²) < 4.78 is 5.28. The van der Waals surface area contributed by atoms with Crippen molar-refractivity contribution >= 4 is 22.4 Å². The van der Waals surface area contributed by atoms with Gasteiger partial charge in [0.1, 0.15) is 5.76 Å². The molecule has 0 spiro atoms. The maximum absolute atomic E-state index is 12.0. The molecule has 0 aliphatic rings. The van der Waals surface area contributed by atoms with Crippen LogP contribution in [0.1, 0.15) is 18.7 Å². The zero-order valence-electron chi connectivity index (χ0n) is 12.4. The van der Waals surface area contributed by atoms with Gasteiger partial charge in [-0.25, -0.2) is 0 Å².